The number of nitrogens with one attached hydrogen (secondary N) is 3. The molecule has 0 aliphatic heterocycles. The highest BCUT2D eigenvalue weighted by atomic mass is 32.1. The Morgan fingerprint density at radius 2 is 1.71 bits per heavy atom. The number of fused-ring (bicyclic) bond motifs is 1. The molecule has 2 amide bonds. The van der Waals surface area contributed by atoms with E-state index in [4.69, 9.17) is 21.7 Å². The number of rotatable bonds is 7. The SMILES string of the molecule is CCCOc1cccc(C(=O)NC(=S)NNC(=O)COc2cccc3ccccc23)c1. The van der Waals surface area contributed by atoms with E-state index in [1.807, 2.05) is 43.3 Å². The van der Waals surface area contributed by atoms with Crippen LogP contribution in [0.3, 0.4) is 0 Å². The van der Waals surface area contributed by atoms with Crippen molar-refractivity contribution >= 4 is 39.9 Å². The number of benzene rings is 3. The van der Waals surface area contributed by atoms with Crippen molar-refractivity contribution in [2.45, 2.75) is 13.3 Å². The molecule has 3 rings (SSSR count). The van der Waals surface area contributed by atoms with Gasteiger partial charge >= 0.3 is 0 Å². The second-order valence-corrected chi connectivity index (χ2v) is 7.01. The fourth-order valence-electron chi connectivity index (χ4n) is 2.78. The van der Waals surface area contributed by atoms with Gasteiger partial charge in [-0.2, -0.15) is 0 Å². The number of hydrogen-bond acceptors (Lipinski definition) is 5. The first kappa shape index (κ1) is 22.0. The first-order valence-corrected chi connectivity index (χ1v) is 10.2. The number of ether oxygens (including phenoxy) is 2. The normalized spacial score (nSPS) is 10.2. The Labute approximate surface area is 185 Å². The molecule has 0 aromatic heterocycles. The van der Waals surface area contributed by atoms with E-state index in [0.29, 0.717) is 23.7 Å². The van der Waals surface area contributed by atoms with Gasteiger partial charge < -0.3 is 9.47 Å². The van der Waals surface area contributed by atoms with Crippen molar-refractivity contribution in [2.24, 2.45) is 0 Å². The number of carbonyl (C=O) groups is 2. The third-order valence-corrected chi connectivity index (χ3v) is 4.42. The van der Waals surface area contributed by atoms with Crippen molar-refractivity contribution in [3.8, 4) is 11.5 Å². The lowest BCUT2D eigenvalue weighted by Gasteiger charge is -2.12. The molecule has 0 aliphatic rings. The van der Waals surface area contributed by atoms with Crippen LogP contribution in [0.2, 0.25) is 0 Å². The highest BCUT2D eigenvalue weighted by Crippen LogP contribution is 2.24. The van der Waals surface area contributed by atoms with Crippen LogP contribution in [0.15, 0.2) is 66.7 Å². The summed E-state index contributed by atoms with van der Waals surface area (Å²) in [5.74, 6) is 0.349. The van der Waals surface area contributed by atoms with Crippen LogP contribution in [0.5, 0.6) is 11.5 Å². The standard InChI is InChI=1S/C23H23N3O4S/c1-2-13-29-18-10-5-9-17(14-18)22(28)24-23(31)26-25-21(27)15-30-20-12-6-8-16-7-3-4-11-19(16)20/h3-12,14H,2,13,15H2,1H3,(H,25,27)(H2,24,26,28,31). The molecule has 0 saturated heterocycles. The smallest absolute Gasteiger partial charge is 0.276 e. The van der Waals surface area contributed by atoms with E-state index < -0.39 is 11.8 Å². The number of carbonyl (C=O) groups excluding carboxylic acids is 2. The molecule has 0 bridgehead atoms. The van der Waals surface area contributed by atoms with Crippen LogP contribution >= 0.6 is 12.2 Å². The molecule has 0 aliphatic carbocycles. The second-order valence-electron chi connectivity index (χ2n) is 6.60. The summed E-state index contributed by atoms with van der Waals surface area (Å²) in [7, 11) is 0. The van der Waals surface area contributed by atoms with Gasteiger partial charge in [0.15, 0.2) is 11.7 Å². The van der Waals surface area contributed by atoms with Gasteiger partial charge in [-0.1, -0.05) is 49.4 Å². The van der Waals surface area contributed by atoms with E-state index in [0.717, 1.165) is 17.2 Å². The average Bonchev–Trinajstić information content (AvgIpc) is 2.80. The lowest BCUT2D eigenvalue weighted by atomic mass is 10.1. The molecule has 31 heavy (non-hydrogen) atoms. The maximum Gasteiger partial charge on any atom is 0.276 e. The summed E-state index contributed by atoms with van der Waals surface area (Å²) in [4.78, 5) is 24.4. The third-order valence-electron chi connectivity index (χ3n) is 4.22. The van der Waals surface area contributed by atoms with E-state index in [2.05, 4.69) is 16.2 Å². The maximum absolute atomic E-state index is 12.3. The molecular weight excluding hydrogens is 414 g/mol. The van der Waals surface area contributed by atoms with Crippen LogP contribution in [0.1, 0.15) is 23.7 Å². The monoisotopic (exact) mass is 437 g/mol. The molecule has 0 spiro atoms. The zero-order chi connectivity index (χ0) is 22.1. The van der Waals surface area contributed by atoms with Gasteiger partial charge in [-0.25, -0.2) is 0 Å². The zero-order valence-electron chi connectivity index (χ0n) is 17.0. The molecule has 0 fully saturated rings. The van der Waals surface area contributed by atoms with Crippen molar-refractivity contribution in [1.29, 1.82) is 0 Å². The zero-order valence-corrected chi connectivity index (χ0v) is 17.8. The summed E-state index contributed by atoms with van der Waals surface area (Å²) < 4.78 is 11.1. The van der Waals surface area contributed by atoms with Crippen LogP contribution in [0.4, 0.5) is 0 Å². The Hall–Kier alpha value is -3.65. The van der Waals surface area contributed by atoms with Crippen LogP contribution < -0.4 is 25.6 Å². The van der Waals surface area contributed by atoms with E-state index in [1.165, 1.54) is 0 Å². The van der Waals surface area contributed by atoms with E-state index in [1.54, 1.807) is 30.3 Å². The first-order valence-electron chi connectivity index (χ1n) is 9.80. The van der Waals surface area contributed by atoms with Gasteiger partial charge in [-0.3, -0.25) is 25.8 Å². The highest BCUT2D eigenvalue weighted by Gasteiger charge is 2.10. The Morgan fingerprint density at radius 1 is 0.935 bits per heavy atom. The van der Waals surface area contributed by atoms with E-state index in [-0.39, 0.29) is 11.7 Å². The highest BCUT2D eigenvalue weighted by molar-refractivity contribution is 7.80. The molecule has 3 aromatic rings. The topological polar surface area (TPSA) is 88.7 Å². The predicted molar refractivity (Wildman–Crippen MR) is 123 cm³/mol. The molecular formula is C23H23N3O4S. The summed E-state index contributed by atoms with van der Waals surface area (Å²) in [6.07, 6.45) is 0.869. The van der Waals surface area contributed by atoms with Gasteiger partial charge in [-0.05, 0) is 48.3 Å². The number of hydrogen-bond donors (Lipinski definition) is 3. The molecule has 0 radical (unpaired) electrons. The van der Waals surface area contributed by atoms with Crippen molar-refractivity contribution in [3.63, 3.8) is 0 Å². The summed E-state index contributed by atoms with van der Waals surface area (Å²) in [5, 5.41) is 4.40. The Morgan fingerprint density at radius 3 is 2.55 bits per heavy atom. The minimum absolute atomic E-state index is 0.0385. The van der Waals surface area contributed by atoms with Gasteiger partial charge in [-0.15, -0.1) is 0 Å². The van der Waals surface area contributed by atoms with Crippen LogP contribution in [0.25, 0.3) is 10.8 Å². The summed E-state index contributed by atoms with van der Waals surface area (Å²) in [5.41, 5.74) is 5.29. The van der Waals surface area contributed by atoms with Gasteiger partial charge in [0.25, 0.3) is 11.8 Å². The number of hydrazine groups is 1. The molecule has 0 heterocycles. The van der Waals surface area contributed by atoms with Crippen LogP contribution in [-0.4, -0.2) is 30.1 Å². The molecule has 0 atom stereocenters. The van der Waals surface area contributed by atoms with Gasteiger partial charge in [0.1, 0.15) is 11.5 Å². The predicted octanol–water partition coefficient (Wildman–Crippen LogP) is 3.34. The van der Waals surface area contributed by atoms with Crippen molar-refractivity contribution in [1.82, 2.24) is 16.2 Å². The van der Waals surface area contributed by atoms with Gasteiger partial charge in [0.2, 0.25) is 0 Å². The minimum Gasteiger partial charge on any atom is -0.494 e. The molecule has 3 N–H and O–H groups in total. The summed E-state index contributed by atoms with van der Waals surface area (Å²) in [6.45, 7) is 2.36. The molecule has 0 saturated carbocycles. The fourth-order valence-corrected chi connectivity index (χ4v) is 2.92. The average molecular weight is 438 g/mol. The number of amides is 2. The Kier molecular flexibility index (Phi) is 7.78. The molecule has 8 heteroatoms. The van der Waals surface area contributed by atoms with Gasteiger partial charge in [0.05, 0.1) is 6.61 Å². The minimum atomic E-state index is -0.445. The molecule has 0 unspecified atom stereocenters. The molecule has 7 nitrogen and oxygen atoms in total. The lowest BCUT2D eigenvalue weighted by Crippen LogP contribution is -2.49. The van der Waals surface area contributed by atoms with E-state index >= 15 is 0 Å². The lowest BCUT2D eigenvalue weighted by molar-refractivity contribution is -0.123. The van der Waals surface area contributed by atoms with Gasteiger partial charge in [0, 0.05) is 10.9 Å². The largest absolute Gasteiger partial charge is 0.494 e. The van der Waals surface area contributed by atoms with E-state index in [9.17, 15) is 9.59 Å². The van der Waals surface area contributed by atoms with Crippen LogP contribution in [0, 0.1) is 0 Å². The third kappa shape index (κ3) is 6.42. The quantitative estimate of drug-likeness (QED) is 0.388. The summed E-state index contributed by atoms with van der Waals surface area (Å²) in [6, 6.07) is 20.1. The van der Waals surface area contributed by atoms with Crippen molar-refractivity contribution in [3.05, 3.63) is 72.3 Å². The fraction of sp³-hybridized carbons (Fsp3) is 0.174. The van der Waals surface area contributed by atoms with Crippen molar-refractivity contribution < 1.29 is 19.1 Å². The van der Waals surface area contributed by atoms with Crippen molar-refractivity contribution in [2.75, 3.05) is 13.2 Å². The summed E-state index contributed by atoms with van der Waals surface area (Å²) >= 11 is 5.06. The molecule has 160 valence electrons. The maximum atomic E-state index is 12.3. The first-order chi connectivity index (χ1) is 15.1. The Balaban J connectivity index is 1.46. The molecule has 3 aromatic carbocycles. The van der Waals surface area contributed by atoms with Crippen LogP contribution in [-0.2, 0) is 4.79 Å². The Bertz CT molecular complexity index is 1080. The number of thiocarbonyl (C=S) groups is 1. The second kappa shape index (κ2) is 10.9.